The standard InChI is InChI=1S/C10H10Cl2O3S/c11-4-5-16(14,15)7-8-2-1-3-9(6-8)10(12)13/h1-3,6H,4-5,7H2. The van der Waals surface area contributed by atoms with Gasteiger partial charge in [-0.2, -0.15) is 0 Å². The summed E-state index contributed by atoms with van der Waals surface area (Å²) in [5.41, 5.74) is 0.830. The third kappa shape index (κ3) is 4.12. The third-order valence-corrected chi connectivity index (χ3v) is 4.16. The highest BCUT2D eigenvalue weighted by Gasteiger charge is 2.12. The SMILES string of the molecule is O=C(Cl)c1cccc(CS(=O)(=O)CCCl)c1. The van der Waals surface area contributed by atoms with Crippen LogP contribution in [0.3, 0.4) is 0 Å². The number of carbonyl (C=O) groups is 1. The molecule has 0 saturated carbocycles. The monoisotopic (exact) mass is 280 g/mol. The fourth-order valence-electron chi connectivity index (χ4n) is 1.23. The normalized spacial score (nSPS) is 11.4. The second-order valence-electron chi connectivity index (χ2n) is 3.26. The largest absolute Gasteiger partial charge is 0.276 e. The van der Waals surface area contributed by atoms with Gasteiger partial charge in [0.25, 0.3) is 5.24 Å². The van der Waals surface area contributed by atoms with Crippen molar-refractivity contribution in [3.05, 3.63) is 35.4 Å². The first-order valence-corrected chi connectivity index (χ1v) is 7.23. The van der Waals surface area contributed by atoms with Crippen molar-refractivity contribution in [3.63, 3.8) is 0 Å². The molecule has 0 unspecified atom stereocenters. The molecule has 0 spiro atoms. The van der Waals surface area contributed by atoms with Gasteiger partial charge in [-0.05, 0) is 23.2 Å². The van der Waals surface area contributed by atoms with Gasteiger partial charge in [0.15, 0.2) is 9.84 Å². The van der Waals surface area contributed by atoms with Crippen LogP contribution in [0.4, 0.5) is 0 Å². The van der Waals surface area contributed by atoms with Crippen molar-refractivity contribution in [1.82, 2.24) is 0 Å². The van der Waals surface area contributed by atoms with Crippen molar-refractivity contribution in [2.75, 3.05) is 11.6 Å². The number of benzene rings is 1. The van der Waals surface area contributed by atoms with Crippen molar-refractivity contribution in [2.45, 2.75) is 5.75 Å². The summed E-state index contributed by atoms with van der Waals surface area (Å²) < 4.78 is 23.0. The number of hydrogen-bond acceptors (Lipinski definition) is 3. The first-order chi connectivity index (χ1) is 7.44. The first kappa shape index (κ1) is 13.5. The molecule has 0 aliphatic carbocycles. The molecule has 0 radical (unpaired) electrons. The molecule has 0 N–H and O–H groups in total. The van der Waals surface area contributed by atoms with E-state index in [1.54, 1.807) is 12.1 Å². The van der Waals surface area contributed by atoms with E-state index in [0.29, 0.717) is 11.1 Å². The molecule has 1 rings (SSSR count). The zero-order valence-electron chi connectivity index (χ0n) is 8.32. The van der Waals surface area contributed by atoms with Crippen LogP contribution in [0.15, 0.2) is 24.3 Å². The molecule has 0 heterocycles. The fraction of sp³-hybridized carbons (Fsp3) is 0.300. The Morgan fingerprint density at radius 1 is 1.31 bits per heavy atom. The highest BCUT2D eigenvalue weighted by molar-refractivity contribution is 7.90. The molecule has 0 fully saturated rings. The zero-order valence-corrected chi connectivity index (χ0v) is 10.6. The molecular weight excluding hydrogens is 271 g/mol. The fourth-order valence-corrected chi connectivity index (χ4v) is 3.12. The molecule has 6 heteroatoms. The van der Waals surface area contributed by atoms with Crippen molar-refractivity contribution < 1.29 is 13.2 Å². The molecular formula is C10H10Cl2O3S. The van der Waals surface area contributed by atoms with Crippen LogP contribution in [-0.4, -0.2) is 25.3 Å². The topological polar surface area (TPSA) is 51.2 Å². The van der Waals surface area contributed by atoms with E-state index in [2.05, 4.69) is 0 Å². The van der Waals surface area contributed by atoms with E-state index in [-0.39, 0.29) is 17.4 Å². The van der Waals surface area contributed by atoms with E-state index in [0.717, 1.165) is 0 Å². The quantitative estimate of drug-likeness (QED) is 0.614. The van der Waals surface area contributed by atoms with Crippen molar-refractivity contribution in [2.24, 2.45) is 0 Å². The summed E-state index contributed by atoms with van der Waals surface area (Å²) in [5.74, 6) is -0.137. The molecule has 0 bridgehead atoms. The van der Waals surface area contributed by atoms with Crippen LogP contribution in [0.25, 0.3) is 0 Å². The van der Waals surface area contributed by atoms with Crippen LogP contribution in [0.5, 0.6) is 0 Å². The summed E-state index contributed by atoms with van der Waals surface area (Å²) in [6.45, 7) is 0. The van der Waals surface area contributed by atoms with Crippen LogP contribution in [0, 0.1) is 0 Å². The highest BCUT2D eigenvalue weighted by Crippen LogP contribution is 2.11. The Labute approximate surface area is 104 Å². The van der Waals surface area contributed by atoms with E-state index in [9.17, 15) is 13.2 Å². The Hall–Kier alpha value is -0.580. The van der Waals surface area contributed by atoms with E-state index in [1.807, 2.05) is 0 Å². The molecule has 0 atom stereocenters. The molecule has 3 nitrogen and oxygen atoms in total. The Bertz CT molecular complexity index is 483. The van der Waals surface area contributed by atoms with Crippen molar-refractivity contribution >= 4 is 38.3 Å². The average molecular weight is 281 g/mol. The molecule has 1 aromatic carbocycles. The van der Waals surface area contributed by atoms with Gasteiger partial charge in [-0.1, -0.05) is 18.2 Å². The van der Waals surface area contributed by atoms with Crippen LogP contribution >= 0.6 is 23.2 Å². The molecule has 1 aromatic rings. The second kappa shape index (κ2) is 5.66. The predicted molar refractivity (Wildman–Crippen MR) is 64.8 cm³/mol. The number of carbonyl (C=O) groups excluding carboxylic acids is 1. The average Bonchev–Trinajstić information content (AvgIpc) is 2.17. The van der Waals surface area contributed by atoms with Crippen molar-refractivity contribution in [3.8, 4) is 0 Å². The minimum atomic E-state index is -3.21. The van der Waals surface area contributed by atoms with Gasteiger partial charge in [-0.3, -0.25) is 4.79 Å². The summed E-state index contributed by atoms with van der Waals surface area (Å²) in [4.78, 5) is 10.9. The molecule has 0 amide bonds. The lowest BCUT2D eigenvalue weighted by atomic mass is 10.2. The third-order valence-electron chi connectivity index (χ3n) is 1.93. The summed E-state index contributed by atoms with van der Waals surface area (Å²) >= 11 is 10.7. The molecule has 0 aliphatic rings. The molecule has 0 aliphatic heterocycles. The Balaban J connectivity index is 2.90. The van der Waals surface area contributed by atoms with Gasteiger partial charge in [-0.15, -0.1) is 11.6 Å². The minimum absolute atomic E-state index is 0.0659. The van der Waals surface area contributed by atoms with Gasteiger partial charge in [0.05, 0.1) is 11.5 Å². The predicted octanol–water partition coefficient (Wildman–Crippen LogP) is 2.22. The van der Waals surface area contributed by atoms with Crippen LogP contribution < -0.4 is 0 Å². The first-order valence-electron chi connectivity index (χ1n) is 4.50. The second-order valence-corrected chi connectivity index (χ2v) is 6.16. The zero-order chi connectivity index (χ0) is 12.2. The Morgan fingerprint density at radius 2 is 2.00 bits per heavy atom. The van der Waals surface area contributed by atoms with Gasteiger partial charge < -0.3 is 0 Å². The number of hydrogen-bond donors (Lipinski definition) is 0. The lowest BCUT2D eigenvalue weighted by Gasteiger charge is -2.03. The maximum absolute atomic E-state index is 11.5. The van der Waals surface area contributed by atoms with Gasteiger partial charge in [0.2, 0.25) is 0 Å². The summed E-state index contributed by atoms with van der Waals surface area (Å²) in [7, 11) is -3.21. The molecule has 88 valence electrons. The number of rotatable bonds is 5. The number of sulfone groups is 1. The van der Waals surface area contributed by atoms with Crippen LogP contribution in [-0.2, 0) is 15.6 Å². The molecule has 0 aromatic heterocycles. The van der Waals surface area contributed by atoms with E-state index in [1.165, 1.54) is 12.1 Å². The minimum Gasteiger partial charge on any atom is -0.276 e. The maximum atomic E-state index is 11.5. The summed E-state index contributed by atoms with van der Waals surface area (Å²) in [5, 5.41) is -0.600. The van der Waals surface area contributed by atoms with Gasteiger partial charge in [0.1, 0.15) is 0 Å². The van der Waals surface area contributed by atoms with Gasteiger partial charge in [-0.25, -0.2) is 8.42 Å². The number of alkyl halides is 1. The lowest BCUT2D eigenvalue weighted by Crippen LogP contribution is -2.10. The van der Waals surface area contributed by atoms with Crippen LogP contribution in [0.1, 0.15) is 15.9 Å². The van der Waals surface area contributed by atoms with Crippen LogP contribution in [0.2, 0.25) is 0 Å². The smallest absolute Gasteiger partial charge is 0.252 e. The molecule has 16 heavy (non-hydrogen) atoms. The van der Waals surface area contributed by atoms with E-state index in [4.69, 9.17) is 23.2 Å². The lowest BCUT2D eigenvalue weighted by molar-refractivity contribution is 0.108. The summed E-state index contributed by atoms with van der Waals surface area (Å²) in [6.07, 6.45) is 0. The molecule has 0 saturated heterocycles. The van der Waals surface area contributed by atoms with E-state index < -0.39 is 15.1 Å². The summed E-state index contributed by atoms with van der Waals surface area (Å²) in [6, 6.07) is 6.24. The maximum Gasteiger partial charge on any atom is 0.252 e. The number of halogens is 2. The van der Waals surface area contributed by atoms with Gasteiger partial charge >= 0.3 is 0 Å². The highest BCUT2D eigenvalue weighted by atomic mass is 35.5. The van der Waals surface area contributed by atoms with E-state index >= 15 is 0 Å². The van der Waals surface area contributed by atoms with Gasteiger partial charge in [0, 0.05) is 11.4 Å². The van der Waals surface area contributed by atoms with Crippen molar-refractivity contribution in [1.29, 1.82) is 0 Å². The Kier molecular flexibility index (Phi) is 4.77. The Morgan fingerprint density at radius 3 is 2.56 bits per heavy atom.